The van der Waals surface area contributed by atoms with Crippen molar-refractivity contribution in [3.63, 3.8) is 0 Å². The zero-order valence-electron chi connectivity index (χ0n) is 12.1. The third-order valence-corrected chi connectivity index (χ3v) is 4.28. The molecule has 0 radical (unpaired) electrons. The van der Waals surface area contributed by atoms with E-state index in [1.54, 1.807) is 11.3 Å². The average molecular weight is 273 g/mol. The first-order valence-corrected chi connectivity index (χ1v) is 7.97. The Morgan fingerprint density at radius 1 is 1.16 bits per heavy atom. The van der Waals surface area contributed by atoms with Gasteiger partial charge in [-0.15, -0.1) is 0 Å². The molecule has 2 rings (SSSR count). The van der Waals surface area contributed by atoms with Gasteiger partial charge in [-0.25, -0.2) is 0 Å². The molecule has 0 spiro atoms. The number of benzene rings is 1. The highest BCUT2D eigenvalue weighted by Crippen LogP contribution is 2.26. The van der Waals surface area contributed by atoms with E-state index in [-0.39, 0.29) is 0 Å². The van der Waals surface area contributed by atoms with Crippen LogP contribution in [-0.2, 0) is 6.42 Å². The van der Waals surface area contributed by atoms with E-state index in [1.165, 1.54) is 28.7 Å². The third kappa shape index (κ3) is 3.68. The van der Waals surface area contributed by atoms with Crippen molar-refractivity contribution in [2.45, 2.75) is 39.7 Å². The highest BCUT2D eigenvalue weighted by molar-refractivity contribution is 7.07. The highest BCUT2D eigenvalue weighted by Gasteiger charge is 2.16. The lowest BCUT2D eigenvalue weighted by Crippen LogP contribution is -2.25. The largest absolute Gasteiger partial charge is 0.310 e. The number of aryl methyl sites for hydroxylation is 2. The third-order valence-electron chi connectivity index (χ3n) is 3.55. The zero-order chi connectivity index (χ0) is 13.7. The summed E-state index contributed by atoms with van der Waals surface area (Å²) in [7, 11) is 0. The molecule has 0 aliphatic carbocycles. The van der Waals surface area contributed by atoms with Gasteiger partial charge in [0.05, 0.1) is 0 Å². The number of rotatable bonds is 6. The maximum Gasteiger partial charge on any atom is 0.0366 e. The first-order chi connectivity index (χ1) is 9.22. The van der Waals surface area contributed by atoms with Gasteiger partial charge in [0, 0.05) is 6.04 Å². The first-order valence-electron chi connectivity index (χ1n) is 7.03. The fourth-order valence-corrected chi connectivity index (χ4v) is 3.30. The standard InChI is InChI=1S/C17H23NS/c1-4-9-18-16(11-15-8-10-19-12-15)17-13(2)6-5-7-14(17)3/h5-8,10,12,16,18H,4,9,11H2,1-3H3. The Labute approximate surface area is 120 Å². The minimum Gasteiger partial charge on any atom is -0.310 e. The normalized spacial score (nSPS) is 12.6. The molecule has 0 saturated carbocycles. The van der Waals surface area contributed by atoms with Gasteiger partial charge < -0.3 is 5.32 Å². The molecule has 2 heteroatoms. The minimum absolute atomic E-state index is 0.427. The molecule has 0 aliphatic heterocycles. The van der Waals surface area contributed by atoms with E-state index >= 15 is 0 Å². The van der Waals surface area contributed by atoms with E-state index in [1.807, 2.05) is 0 Å². The topological polar surface area (TPSA) is 12.0 Å². The summed E-state index contributed by atoms with van der Waals surface area (Å²) in [6.45, 7) is 7.73. The molecule has 0 fully saturated rings. The van der Waals surface area contributed by atoms with Crippen LogP contribution in [0.3, 0.4) is 0 Å². The van der Waals surface area contributed by atoms with Gasteiger partial charge >= 0.3 is 0 Å². The van der Waals surface area contributed by atoms with Crippen molar-refractivity contribution in [1.82, 2.24) is 5.32 Å². The molecular formula is C17H23NS. The summed E-state index contributed by atoms with van der Waals surface area (Å²) in [5.41, 5.74) is 5.69. The molecule has 0 aliphatic rings. The van der Waals surface area contributed by atoms with Crippen LogP contribution in [0.25, 0.3) is 0 Å². The second-order valence-electron chi connectivity index (χ2n) is 5.15. The van der Waals surface area contributed by atoms with E-state index in [2.05, 4.69) is 61.1 Å². The Hall–Kier alpha value is -1.12. The Bertz CT molecular complexity index is 482. The van der Waals surface area contributed by atoms with Crippen LogP contribution in [0.2, 0.25) is 0 Å². The van der Waals surface area contributed by atoms with E-state index in [9.17, 15) is 0 Å². The van der Waals surface area contributed by atoms with Crippen molar-refractivity contribution in [2.75, 3.05) is 6.54 Å². The fraction of sp³-hybridized carbons (Fsp3) is 0.412. The Balaban J connectivity index is 2.26. The molecule has 1 nitrogen and oxygen atoms in total. The smallest absolute Gasteiger partial charge is 0.0366 e. The minimum atomic E-state index is 0.427. The summed E-state index contributed by atoms with van der Waals surface area (Å²) in [5, 5.41) is 8.13. The molecular weight excluding hydrogens is 250 g/mol. The van der Waals surface area contributed by atoms with Crippen LogP contribution in [0, 0.1) is 13.8 Å². The SMILES string of the molecule is CCCNC(Cc1ccsc1)c1c(C)cccc1C. The van der Waals surface area contributed by atoms with Crippen LogP contribution in [-0.4, -0.2) is 6.54 Å². The molecule has 0 saturated heterocycles. The summed E-state index contributed by atoms with van der Waals surface area (Å²) in [4.78, 5) is 0. The van der Waals surface area contributed by atoms with E-state index < -0.39 is 0 Å². The van der Waals surface area contributed by atoms with E-state index in [4.69, 9.17) is 0 Å². The lowest BCUT2D eigenvalue weighted by atomic mass is 9.92. The zero-order valence-corrected chi connectivity index (χ0v) is 12.9. The molecule has 0 amide bonds. The summed E-state index contributed by atoms with van der Waals surface area (Å²) >= 11 is 1.78. The van der Waals surface area contributed by atoms with Crippen LogP contribution in [0.1, 0.15) is 41.6 Å². The van der Waals surface area contributed by atoms with Crippen LogP contribution in [0.4, 0.5) is 0 Å². The molecule has 102 valence electrons. The molecule has 1 atom stereocenters. The van der Waals surface area contributed by atoms with Gasteiger partial charge in [0.1, 0.15) is 0 Å². The monoisotopic (exact) mass is 273 g/mol. The summed E-state index contributed by atoms with van der Waals surface area (Å²) in [5.74, 6) is 0. The number of nitrogens with one attached hydrogen (secondary N) is 1. The second-order valence-corrected chi connectivity index (χ2v) is 5.93. The number of hydrogen-bond donors (Lipinski definition) is 1. The van der Waals surface area contributed by atoms with Crippen LogP contribution in [0.15, 0.2) is 35.0 Å². The Kier molecular flexibility index (Phi) is 5.17. The van der Waals surface area contributed by atoms with Gasteiger partial charge in [0.15, 0.2) is 0 Å². The fourth-order valence-electron chi connectivity index (χ4n) is 2.62. The molecule has 1 aromatic heterocycles. The van der Waals surface area contributed by atoms with Gasteiger partial charge in [-0.3, -0.25) is 0 Å². The van der Waals surface area contributed by atoms with Gasteiger partial charge in [-0.1, -0.05) is 25.1 Å². The Morgan fingerprint density at radius 3 is 2.47 bits per heavy atom. The van der Waals surface area contributed by atoms with Gasteiger partial charge in [-0.2, -0.15) is 11.3 Å². The second kappa shape index (κ2) is 6.88. The van der Waals surface area contributed by atoms with Crippen molar-refractivity contribution in [1.29, 1.82) is 0 Å². The number of hydrogen-bond acceptors (Lipinski definition) is 2. The average Bonchev–Trinajstić information content (AvgIpc) is 2.88. The van der Waals surface area contributed by atoms with Crippen molar-refractivity contribution in [3.8, 4) is 0 Å². The maximum absolute atomic E-state index is 3.71. The predicted molar refractivity (Wildman–Crippen MR) is 85.0 cm³/mol. The van der Waals surface area contributed by atoms with Crippen molar-refractivity contribution in [3.05, 3.63) is 57.3 Å². The molecule has 1 heterocycles. The highest BCUT2D eigenvalue weighted by atomic mass is 32.1. The van der Waals surface area contributed by atoms with Gasteiger partial charge in [0.25, 0.3) is 0 Å². The molecule has 1 N–H and O–H groups in total. The van der Waals surface area contributed by atoms with Crippen molar-refractivity contribution >= 4 is 11.3 Å². The Morgan fingerprint density at radius 2 is 1.89 bits per heavy atom. The first kappa shape index (κ1) is 14.3. The molecule has 1 unspecified atom stereocenters. The predicted octanol–water partition coefficient (Wildman–Crippen LogP) is 4.65. The quantitative estimate of drug-likeness (QED) is 0.808. The summed E-state index contributed by atoms with van der Waals surface area (Å²) in [6.07, 6.45) is 2.25. The van der Waals surface area contributed by atoms with Crippen LogP contribution < -0.4 is 5.32 Å². The number of thiophene rings is 1. The van der Waals surface area contributed by atoms with Crippen molar-refractivity contribution in [2.24, 2.45) is 0 Å². The molecule has 19 heavy (non-hydrogen) atoms. The maximum atomic E-state index is 3.71. The van der Waals surface area contributed by atoms with Crippen LogP contribution in [0.5, 0.6) is 0 Å². The molecule has 2 aromatic rings. The lowest BCUT2D eigenvalue weighted by Gasteiger charge is -2.22. The van der Waals surface area contributed by atoms with Crippen LogP contribution >= 0.6 is 11.3 Å². The molecule has 1 aromatic carbocycles. The lowest BCUT2D eigenvalue weighted by molar-refractivity contribution is 0.525. The van der Waals surface area contributed by atoms with E-state index in [0.29, 0.717) is 6.04 Å². The summed E-state index contributed by atoms with van der Waals surface area (Å²) in [6, 6.07) is 9.25. The van der Waals surface area contributed by atoms with Crippen molar-refractivity contribution < 1.29 is 0 Å². The van der Waals surface area contributed by atoms with E-state index in [0.717, 1.165) is 13.0 Å². The summed E-state index contributed by atoms with van der Waals surface area (Å²) < 4.78 is 0. The van der Waals surface area contributed by atoms with Gasteiger partial charge in [-0.05, 0) is 72.3 Å². The van der Waals surface area contributed by atoms with Gasteiger partial charge in [0.2, 0.25) is 0 Å². The molecule has 0 bridgehead atoms.